The molecule has 0 unspecified atom stereocenters. The number of carbonyl (C=O) groups excluding carboxylic acids is 2. The molecule has 0 bridgehead atoms. The van der Waals surface area contributed by atoms with E-state index in [0.29, 0.717) is 21.3 Å². The van der Waals surface area contributed by atoms with Gasteiger partial charge in [0.05, 0.1) is 7.11 Å². The number of carbonyl (C=O) groups is 2. The molecule has 0 saturated heterocycles. The molecule has 0 saturated carbocycles. The van der Waals surface area contributed by atoms with Gasteiger partial charge in [0, 0.05) is 11.3 Å². The van der Waals surface area contributed by atoms with Gasteiger partial charge >= 0.3 is 0 Å². The standard InChI is InChI=1S/C21H22N2O5S/c1-13-5-10-18(14(2)11-13)22-19(24)12-23-21(25)15(3)20(29(23,26)27)16-6-8-17(28-4)9-7-16/h5-11H,12H2,1-4H3,(H,22,24). The Morgan fingerprint density at radius 2 is 1.72 bits per heavy atom. The van der Waals surface area contributed by atoms with Crippen molar-refractivity contribution in [3.63, 3.8) is 0 Å². The van der Waals surface area contributed by atoms with E-state index in [2.05, 4.69) is 5.32 Å². The lowest BCUT2D eigenvalue weighted by atomic mass is 10.1. The first kappa shape index (κ1) is 20.6. The van der Waals surface area contributed by atoms with Gasteiger partial charge in [-0.15, -0.1) is 0 Å². The van der Waals surface area contributed by atoms with Gasteiger partial charge in [-0.25, -0.2) is 12.7 Å². The summed E-state index contributed by atoms with van der Waals surface area (Å²) in [6, 6.07) is 11.9. The second-order valence-electron chi connectivity index (χ2n) is 6.87. The van der Waals surface area contributed by atoms with Crippen LogP contribution >= 0.6 is 0 Å². The fourth-order valence-electron chi connectivity index (χ4n) is 3.24. The largest absolute Gasteiger partial charge is 0.497 e. The van der Waals surface area contributed by atoms with Crippen LogP contribution in [-0.2, 0) is 19.6 Å². The molecule has 2 amide bonds. The second kappa shape index (κ2) is 7.71. The summed E-state index contributed by atoms with van der Waals surface area (Å²) in [6.07, 6.45) is 0. The van der Waals surface area contributed by atoms with Crippen molar-refractivity contribution in [2.45, 2.75) is 20.8 Å². The molecule has 152 valence electrons. The monoisotopic (exact) mass is 414 g/mol. The molecule has 0 aromatic heterocycles. The normalized spacial score (nSPS) is 15.6. The van der Waals surface area contributed by atoms with Gasteiger partial charge in [0.2, 0.25) is 5.91 Å². The Hall–Kier alpha value is -3.13. The SMILES string of the molecule is COc1ccc(C2=C(C)C(=O)N(CC(=O)Nc3ccc(C)cc3C)S2(=O)=O)cc1. The van der Waals surface area contributed by atoms with Crippen molar-refractivity contribution >= 4 is 32.4 Å². The van der Waals surface area contributed by atoms with E-state index in [1.165, 1.54) is 14.0 Å². The maximum absolute atomic E-state index is 13.0. The molecule has 1 aliphatic heterocycles. The van der Waals surface area contributed by atoms with Crippen LogP contribution in [0.4, 0.5) is 5.69 Å². The Morgan fingerprint density at radius 1 is 1.07 bits per heavy atom. The number of methoxy groups -OCH3 is 1. The molecule has 29 heavy (non-hydrogen) atoms. The molecule has 8 heteroatoms. The van der Waals surface area contributed by atoms with E-state index >= 15 is 0 Å². The number of nitrogens with one attached hydrogen (secondary N) is 1. The van der Waals surface area contributed by atoms with Gasteiger partial charge in [0.15, 0.2) is 0 Å². The van der Waals surface area contributed by atoms with Crippen LogP contribution < -0.4 is 10.1 Å². The first-order chi connectivity index (χ1) is 13.6. The van der Waals surface area contributed by atoms with Gasteiger partial charge in [-0.05, 0) is 62.2 Å². The zero-order chi connectivity index (χ0) is 21.3. The number of anilines is 1. The number of rotatable bonds is 5. The van der Waals surface area contributed by atoms with Crippen molar-refractivity contribution in [3.05, 3.63) is 64.7 Å². The highest BCUT2D eigenvalue weighted by atomic mass is 32.2. The zero-order valence-electron chi connectivity index (χ0n) is 16.6. The number of aryl methyl sites for hydroxylation is 2. The molecule has 0 spiro atoms. The first-order valence-corrected chi connectivity index (χ1v) is 10.4. The molecule has 0 radical (unpaired) electrons. The third-order valence-electron chi connectivity index (χ3n) is 4.73. The van der Waals surface area contributed by atoms with E-state index < -0.39 is 28.4 Å². The van der Waals surface area contributed by atoms with Gasteiger partial charge in [-0.3, -0.25) is 9.59 Å². The molecule has 2 aromatic carbocycles. The third-order valence-corrected chi connectivity index (χ3v) is 6.66. The summed E-state index contributed by atoms with van der Waals surface area (Å²) in [6.45, 7) is 4.63. The predicted molar refractivity (Wildman–Crippen MR) is 111 cm³/mol. The van der Waals surface area contributed by atoms with Crippen molar-refractivity contribution in [3.8, 4) is 5.75 Å². The minimum absolute atomic E-state index is 0.0782. The fourth-order valence-corrected chi connectivity index (χ4v) is 5.01. The number of hydrogen-bond donors (Lipinski definition) is 1. The van der Waals surface area contributed by atoms with Crippen molar-refractivity contribution < 1.29 is 22.7 Å². The Balaban J connectivity index is 1.84. The summed E-state index contributed by atoms with van der Waals surface area (Å²) in [5, 5.41) is 2.67. The Kier molecular flexibility index (Phi) is 5.48. The van der Waals surface area contributed by atoms with Crippen LogP contribution in [0.25, 0.3) is 4.91 Å². The maximum atomic E-state index is 13.0. The summed E-state index contributed by atoms with van der Waals surface area (Å²) in [7, 11) is -2.64. The lowest BCUT2D eigenvalue weighted by Gasteiger charge is -2.17. The van der Waals surface area contributed by atoms with Gasteiger partial charge < -0.3 is 10.1 Å². The molecule has 1 N–H and O–H groups in total. The van der Waals surface area contributed by atoms with Crippen LogP contribution in [0.5, 0.6) is 5.75 Å². The molecular formula is C21H22N2O5S. The second-order valence-corrected chi connectivity index (χ2v) is 8.67. The molecule has 0 fully saturated rings. The number of nitrogens with zero attached hydrogens (tertiary/aromatic N) is 1. The van der Waals surface area contributed by atoms with Gasteiger partial charge in [0.25, 0.3) is 15.9 Å². The summed E-state index contributed by atoms with van der Waals surface area (Å²) < 4.78 is 31.7. The lowest BCUT2D eigenvalue weighted by molar-refractivity contribution is -0.126. The maximum Gasteiger partial charge on any atom is 0.268 e. The topological polar surface area (TPSA) is 92.8 Å². The highest BCUT2D eigenvalue weighted by Gasteiger charge is 2.43. The molecule has 1 heterocycles. The van der Waals surface area contributed by atoms with E-state index in [0.717, 1.165) is 11.1 Å². The van der Waals surface area contributed by atoms with Gasteiger partial charge in [-0.2, -0.15) is 0 Å². The number of sulfonamides is 1. The van der Waals surface area contributed by atoms with Crippen molar-refractivity contribution in [1.82, 2.24) is 4.31 Å². The Morgan fingerprint density at radius 3 is 2.31 bits per heavy atom. The van der Waals surface area contributed by atoms with Crippen LogP contribution in [0.2, 0.25) is 0 Å². The summed E-state index contributed by atoms with van der Waals surface area (Å²) >= 11 is 0. The average Bonchev–Trinajstić information content (AvgIpc) is 2.83. The van der Waals surface area contributed by atoms with Gasteiger partial charge in [0.1, 0.15) is 17.2 Å². The number of hydrogen-bond acceptors (Lipinski definition) is 5. The Bertz CT molecular complexity index is 1120. The third kappa shape index (κ3) is 3.88. The van der Waals surface area contributed by atoms with E-state index in [9.17, 15) is 18.0 Å². The molecule has 3 rings (SSSR count). The Labute approximate surface area is 170 Å². The minimum Gasteiger partial charge on any atom is -0.497 e. The number of ether oxygens (including phenoxy) is 1. The molecule has 2 aromatic rings. The summed E-state index contributed by atoms with van der Waals surface area (Å²) in [4.78, 5) is 25.0. The number of amides is 2. The summed E-state index contributed by atoms with van der Waals surface area (Å²) in [5.74, 6) is -0.720. The smallest absolute Gasteiger partial charge is 0.268 e. The van der Waals surface area contributed by atoms with E-state index in [1.54, 1.807) is 30.3 Å². The van der Waals surface area contributed by atoms with Gasteiger partial charge in [-0.1, -0.05) is 17.7 Å². The zero-order valence-corrected chi connectivity index (χ0v) is 17.5. The fraction of sp³-hybridized carbons (Fsp3) is 0.238. The van der Waals surface area contributed by atoms with Crippen LogP contribution in [0, 0.1) is 13.8 Å². The average molecular weight is 414 g/mol. The molecule has 7 nitrogen and oxygen atoms in total. The highest BCUT2D eigenvalue weighted by Crippen LogP contribution is 2.36. The molecular weight excluding hydrogens is 392 g/mol. The van der Waals surface area contributed by atoms with Crippen molar-refractivity contribution in [1.29, 1.82) is 0 Å². The van der Waals surface area contributed by atoms with Crippen LogP contribution in [-0.4, -0.2) is 38.2 Å². The van der Waals surface area contributed by atoms with Crippen LogP contribution in [0.15, 0.2) is 48.0 Å². The summed E-state index contributed by atoms with van der Waals surface area (Å²) in [5.41, 5.74) is 2.91. The van der Waals surface area contributed by atoms with Crippen molar-refractivity contribution in [2.75, 3.05) is 19.0 Å². The highest BCUT2D eigenvalue weighted by molar-refractivity contribution is 7.99. The van der Waals surface area contributed by atoms with Crippen LogP contribution in [0.1, 0.15) is 23.6 Å². The first-order valence-electron chi connectivity index (χ1n) is 8.94. The minimum atomic E-state index is -4.14. The lowest BCUT2D eigenvalue weighted by Crippen LogP contribution is -2.38. The van der Waals surface area contributed by atoms with Crippen molar-refractivity contribution in [2.24, 2.45) is 0 Å². The molecule has 1 aliphatic rings. The predicted octanol–water partition coefficient (Wildman–Crippen LogP) is 2.85. The molecule has 0 atom stereocenters. The van der Waals surface area contributed by atoms with E-state index in [4.69, 9.17) is 4.74 Å². The van der Waals surface area contributed by atoms with E-state index in [1.807, 2.05) is 26.0 Å². The number of benzene rings is 2. The van der Waals surface area contributed by atoms with Crippen LogP contribution in [0.3, 0.4) is 0 Å². The molecule has 0 aliphatic carbocycles. The quantitative estimate of drug-likeness (QED) is 0.812. The van der Waals surface area contributed by atoms with E-state index in [-0.39, 0.29) is 10.5 Å².